The van der Waals surface area contributed by atoms with Gasteiger partial charge in [-0.15, -0.1) is 0 Å². The zero-order valence-corrected chi connectivity index (χ0v) is 14.3. The molecule has 2 aliphatic rings. The van der Waals surface area contributed by atoms with Gasteiger partial charge in [-0.25, -0.2) is 13.4 Å². The van der Waals surface area contributed by atoms with Crippen molar-refractivity contribution < 1.29 is 13.2 Å². The van der Waals surface area contributed by atoms with Crippen LogP contribution in [-0.4, -0.2) is 58.4 Å². The third-order valence-electron chi connectivity index (χ3n) is 4.83. The molecule has 1 aromatic heterocycles. The normalized spacial score (nSPS) is 25.0. The molecule has 0 aliphatic carbocycles. The number of carbonyl (C=O) groups excluding carboxylic acids is 1. The van der Waals surface area contributed by atoms with Crippen LogP contribution in [0.25, 0.3) is 0 Å². The van der Waals surface area contributed by atoms with Gasteiger partial charge in [-0.3, -0.25) is 9.78 Å². The summed E-state index contributed by atoms with van der Waals surface area (Å²) in [5, 5.41) is -0.531. The summed E-state index contributed by atoms with van der Waals surface area (Å²) in [6.45, 7) is 1.48. The summed E-state index contributed by atoms with van der Waals surface area (Å²) in [5.74, 6) is -0.318. The van der Waals surface area contributed by atoms with Crippen LogP contribution < -0.4 is 0 Å². The quantitative estimate of drug-likeness (QED) is 0.809. The number of rotatable bonds is 3. The van der Waals surface area contributed by atoms with E-state index in [-0.39, 0.29) is 24.1 Å². The number of nitrogens with zero attached hydrogens (tertiary/aromatic N) is 4. The maximum Gasteiger partial charge on any atom is 0.274 e. The van der Waals surface area contributed by atoms with Crippen molar-refractivity contribution in [2.45, 2.75) is 11.8 Å². The molecule has 0 bridgehead atoms. The fourth-order valence-electron chi connectivity index (χ4n) is 3.59. The van der Waals surface area contributed by atoms with E-state index < -0.39 is 15.3 Å². The molecule has 2 aliphatic heterocycles. The molecule has 25 heavy (non-hydrogen) atoms. The van der Waals surface area contributed by atoms with E-state index in [2.05, 4.69) is 9.97 Å². The molecule has 3 heterocycles. The van der Waals surface area contributed by atoms with Crippen LogP contribution in [0.5, 0.6) is 0 Å². The second-order valence-corrected chi connectivity index (χ2v) is 8.57. The Balaban J connectivity index is 1.49. The first-order chi connectivity index (χ1) is 12.1. The molecule has 0 spiro atoms. The van der Waals surface area contributed by atoms with Gasteiger partial charge in [0.25, 0.3) is 5.91 Å². The molecule has 2 aromatic rings. The molecule has 4 rings (SSSR count). The Hall–Kier alpha value is -2.32. The third kappa shape index (κ3) is 2.91. The van der Waals surface area contributed by atoms with Crippen LogP contribution in [0.4, 0.5) is 0 Å². The summed E-state index contributed by atoms with van der Waals surface area (Å²) in [5.41, 5.74) is 1.22. The van der Waals surface area contributed by atoms with E-state index in [1.165, 1.54) is 18.6 Å². The van der Waals surface area contributed by atoms with Crippen LogP contribution >= 0.6 is 0 Å². The molecule has 8 heteroatoms. The van der Waals surface area contributed by atoms with Gasteiger partial charge >= 0.3 is 0 Å². The summed E-state index contributed by atoms with van der Waals surface area (Å²) in [4.78, 5) is 22.0. The molecule has 130 valence electrons. The number of hydrogen-bond acceptors (Lipinski definition) is 5. The minimum absolute atomic E-state index is 0.0608. The van der Waals surface area contributed by atoms with Crippen molar-refractivity contribution >= 4 is 15.9 Å². The Morgan fingerprint density at radius 3 is 2.60 bits per heavy atom. The largest absolute Gasteiger partial charge is 0.336 e. The lowest BCUT2D eigenvalue weighted by Gasteiger charge is -2.21. The van der Waals surface area contributed by atoms with E-state index in [0.29, 0.717) is 19.6 Å². The first-order valence-electron chi connectivity index (χ1n) is 8.14. The second kappa shape index (κ2) is 6.20. The van der Waals surface area contributed by atoms with Crippen molar-refractivity contribution in [3.63, 3.8) is 0 Å². The van der Waals surface area contributed by atoms with E-state index in [9.17, 15) is 13.2 Å². The third-order valence-corrected chi connectivity index (χ3v) is 7.13. The van der Waals surface area contributed by atoms with Crippen molar-refractivity contribution in [3.05, 3.63) is 60.2 Å². The zero-order valence-electron chi connectivity index (χ0n) is 13.5. The molecular weight excluding hydrogens is 340 g/mol. The predicted molar refractivity (Wildman–Crippen MR) is 91.0 cm³/mol. The highest BCUT2D eigenvalue weighted by molar-refractivity contribution is 7.90. The van der Waals surface area contributed by atoms with Gasteiger partial charge in [-0.2, -0.15) is 4.31 Å². The van der Waals surface area contributed by atoms with Gasteiger partial charge in [0, 0.05) is 44.5 Å². The van der Waals surface area contributed by atoms with Crippen LogP contribution in [0.1, 0.15) is 16.1 Å². The van der Waals surface area contributed by atoms with Crippen molar-refractivity contribution in [2.75, 3.05) is 19.6 Å². The number of sulfonamides is 1. The molecule has 1 amide bonds. The lowest BCUT2D eigenvalue weighted by molar-refractivity contribution is 0.0778. The Morgan fingerprint density at radius 2 is 1.92 bits per heavy atom. The standard InChI is InChI=1S/C17H18N4O3S/c22-17(15-8-18-6-7-19-15)20-10-14-11-21(25(23,24)16(14)12-20)9-13-4-2-1-3-5-13/h1-8,14,16H,9-12H2. The molecule has 2 saturated heterocycles. The molecule has 0 N–H and O–H groups in total. The maximum atomic E-state index is 12.8. The fraction of sp³-hybridized carbons (Fsp3) is 0.353. The second-order valence-electron chi connectivity index (χ2n) is 6.42. The van der Waals surface area contributed by atoms with Crippen LogP contribution in [-0.2, 0) is 16.6 Å². The van der Waals surface area contributed by atoms with Crippen LogP contribution in [0.3, 0.4) is 0 Å². The molecule has 7 nitrogen and oxygen atoms in total. The Labute approximate surface area is 146 Å². The van der Waals surface area contributed by atoms with E-state index in [4.69, 9.17) is 0 Å². The molecule has 2 unspecified atom stereocenters. The highest BCUT2D eigenvalue weighted by atomic mass is 32.2. The van der Waals surface area contributed by atoms with E-state index in [1.54, 1.807) is 9.21 Å². The molecule has 2 fully saturated rings. The van der Waals surface area contributed by atoms with Gasteiger partial charge in [0.05, 0.1) is 11.4 Å². The first-order valence-corrected chi connectivity index (χ1v) is 9.64. The Morgan fingerprint density at radius 1 is 1.12 bits per heavy atom. The van der Waals surface area contributed by atoms with E-state index in [0.717, 1.165) is 5.56 Å². The minimum atomic E-state index is -3.41. The first kappa shape index (κ1) is 16.2. The lowest BCUT2D eigenvalue weighted by atomic mass is 10.1. The minimum Gasteiger partial charge on any atom is -0.336 e. The van der Waals surface area contributed by atoms with Gasteiger partial charge in [-0.05, 0) is 5.56 Å². The highest BCUT2D eigenvalue weighted by Gasteiger charge is 2.52. The van der Waals surface area contributed by atoms with Gasteiger partial charge in [-0.1, -0.05) is 30.3 Å². The molecule has 1 aromatic carbocycles. The van der Waals surface area contributed by atoms with Gasteiger partial charge in [0.15, 0.2) is 0 Å². The number of benzene rings is 1. The number of likely N-dealkylation sites (tertiary alicyclic amines) is 1. The number of hydrogen-bond donors (Lipinski definition) is 0. The summed E-state index contributed by atoms with van der Waals surface area (Å²) in [6, 6.07) is 9.56. The average Bonchev–Trinajstić information content (AvgIpc) is 3.15. The molecule has 0 radical (unpaired) electrons. The van der Waals surface area contributed by atoms with E-state index >= 15 is 0 Å². The topological polar surface area (TPSA) is 83.5 Å². The van der Waals surface area contributed by atoms with Gasteiger partial charge < -0.3 is 4.90 Å². The Bertz CT molecular complexity index is 873. The van der Waals surface area contributed by atoms with Gasteiger partial charge in [0.2, 0.25) is 10.0 Å². The monoisotopic (exact) mass is 358 g/mol. The van der Waals surface area contributed by atoms with Crippen molar-refractivity contribution in [3.8, 4) is 0 Å². The average molecular weight is 358 g/mol. The summed E-state index contributed by atoms with van der Waals surface area (Å²) in [7, 11) is -3.41. The number of amides is 1. The van der Waals surface area contributed by atoms with Crippen LogP contribution in [0, 0.1) is 5.92 Å². The van der Waals surface area contributed by atoms with E-state index in [1.807, 2.05) is 30.3 Å². The number of fused-ring (bicyclic) bond motifs is 1. The highest BCUT2D eigenvalue weighted by Crippen LogP contribution is 2.35. The molecular formula is C17H18N4O3S. The molecule has 0 saturated carbocycles. The zero-order chi connectivity index (χ0) is 17.4. The predicted octanol–water partition coefficient (Wildman–Crippen LogP) is 0.763. The number of carbonyl (C=O) groups is 1. The smallest absolute Gasteiger partial charge is 0.274 e. The summed E-state index contributed by atoms with van der Waals surface area (Å²) in [6.07, 6.45) is 4.37. The van der Waals surface area contributed by atoms with Crippen molar-refractivity contribution in [2.24, 2.45) is 5.92 Å². The van der Waals surface area contributed by atoms with Crippen molar-refractivity contribution in [1.29, 1.82) is 0 Å². The van der Waals surface area contributed by atoms with Crippen LogP contribution in [0.2, 0.25) is 0 Å². The summed E-state index contributed by atoms with van der Waals surface area (Å²) >= 11 is 0. The SMILES string of the molecule is O=C(c1cnccn1)N1CC2CN(Cc3ccccc3)S(=O)(=O)C2C1. The molecule has 2 atom stereocenters. The fourth-order valence-corrected chi connectivity index (χ4v) is 5.73. The van der Waals surface area contributed by atoms with Crippen LogP contribution in [0.15, 0.2) is 48.9 Å². The maximum absolute atomic E-state index is 12.8. The summed E-state index contributed by atoms with van der Waals surface area (Å²) < 4.78 is 27.2. The number of aromatic nitrogens is 2. The lowest BCUT2D eigenvalue weighted by Crippen LogP contribution is -2.37. The Kier molecular flexibility index (Phi) is 4.01. The van der Waals surface area contributed by atoms with Crippen molar-refractivity contribution in [1.82, 2.24) is 19.2 Å². The van der Waals surface area contributed by atoms with Gasteiger partial charge in [0.1, 0.15) is 5.69 Å².